The first-order chi connectivity index (χ1) is 46.0. The van der Waals surface area contributed by atoms with Crippen LogP contribution in [0.1, 0.15) is 362 Å². The zero-order chi connectivity index (χ0) is 71.5. The van der Waals surface area contributed by atoms with Gasteiger partial charge >= 0.3 is 39.5 Å². The van der Waals surface area contributed by atoms with Crippen molar-refractivity contribution in [2.24, 2.45) is 0 Å². The van der Waals surface area contributed by atoms with Gasteiger partial charge in [-0.3, -0.25) is 37.3 Å². The fourth-order valence-corrected chi connectivity index (χ4v) is 12.5. The van der Waals surface area contributed by atoms with E-state index in [1.165, 1.54) is 231 Å². The Morgan fingerprint density at radius 1 is 0.281 bits per heavy atom. The number of carbonyl (C=O) groups is 4. The van der Waals surface area contributed by atoms with Crippen LogP contribution in [0.25, 0.3) is 0 Å². The minimum atomic E-state index is -4.36. The van der Waals surface area contributed by atoms with E-state index in [1.807, 2.05) is 42.3 Å². The molecule has 0 fully saturated rings. The summed E-state index contributed by atoms with van der Waals surface area (Å²) in [5, 5.41) is 0. The highest BCUT2D eigenvalue weighted by molar-refractivity contribution is 7.47. The van der Waals surface area contributed by atoms with Gasteiger partial charge in [0.15, 0.2) is 12.2 Å². The highest BCUT2D eigenvalue weighted by atomic mass is 31.2. The largest absolute Gasteiger partial charge is 0.472 e. The van der Waals surface area contributed by atoms with Crippen molar-refractivity contribution in [2.75, 3.05) is 95.0 Å². The minimum Gasteiger partial charge on any atom is -0.462 e. The number of carbonyl (C=O) groups excluding carboxylic acids is 4. The molecule has 20 heteroatoms. The third-order valence-electron chi connectivity index (χ3n) is 17.3. The molecule has 572 valence electrons. The maximum atomic E-state index is 12.6. The molecule has 0 aromatic carbocycles. The molecule has 96 heavy (non-hydrogen) atoms. The Morgan fingerprint density at radius 2 is 0.469 bits per heavy atom. The summed E-state index contributed by atoms with van der Waals surface area (Å²) < 4.78 is 68.3. The zero-order valence-corrected chi connectivity index (χ0v) is 65.8. The van der Waals surface area contributed by atoms with Gasteiger partial charge in [-0.25, -0.2) is 9.13 Å². The Labute approximate surface area is 589 Å². The Bertz CT molecular complexity index is 1870. The molecule has 0 aliphatic rings. The summed E-state index contributed by atoms with van der Waals surface area (Å²) in [7, 11) is 2.98. The molecule has 0 saturated carbocycles. The number of ether oxygens (including phenoxy) is 4. The molecule has 0 bridgehead atoms. The van der Waals surface area contributed by atoms with Crippen LogP contribution >= 0.6 is 15.6 Å². The average Bonchev–Trinajstić information content (AvgIpc) is 1.16. The van der Waals surface area contributed by atoms with Crippen LogP contribution in [0.4, 0.5) is 0 Å². The summed E-state index contributed by atoms with van der Waals surface area (Å²) in [6.07, 6.45) is 57.1. The lowest BCUT2D eigenvalue weighted by atomic mass is 10.0. The van der Waals surface area contributed by atoms with E-state index in [1.54, 1.807) is 0 Å². The van der Waals surface area contributed by atoms with Crippen molar-refractivity contribution in [1.82, 2.24) is 0 Å². The topological polar surface area (TPSA) is 217 Å². The number of rotatable bonds is 72. The van der Waals surface area contributed by atoms with Gasteiger partial charge in [-0.1, -0.05) is 310 Å². The van der Waals surface area contributed by atoms with Crippen LogP contribution in [-0.4, -0.2) is 150 Å². The van der Waals surface area contributed by atoms with Crippen molar-refractivity contribution >= 4 is 39.5 Å². The normalized spacial score (nSPS) is 13.7. The summed E-state index contributed by atoms with van der Waals surface area (Å²) in [6.45, 7) is 8.84. The van der Waals surface area contributed by atoms with Gasteiger partial charge in [0, 0.05) is 25.7 Å². The Balaban J connectivity index is 0. The van der Waals surface area contributed by atoms with Gasteiger partial charge in [-0.05, 0) is 25.7 Å². The van der Waals surface area contributed by atoms with Crippen molar-refractivity contribution in [2.45, 2.75) is 374 Å². The first-order valence-electron chi connectivity index (χ1n) is 39.5. The van der Waals surface area contributed by atoms with Crippen molar-refractivity contribution in [3.05, 3.63) is 0 Å². The van der Waals surface area contributed by atoms with E-state index in [-0.39, 0.29) is 51.2 Å². The first kappa shape index (κ1) is 96.1. The van der Waals surface area contributed by atoms with Crippen molar-refractivity contribution in [3.63, 3.8) is 0 Å². The van der Waals surface area contributed by atoms with Crippen LogP contribution in [0, 0.1) is 0 Å². The Hall–Kier alpha value is -1.98. The lowest BCUT2D eigenvalue weighted by molar-refractivity contribution is -0.870. The average molecular weight is 1410 g/mol. The SMILES string of the molecule is CCCCCCCCCCCCCC(=O)OC[C@H](COP(=O)(O)OCC[N+](C)(C)C)OC(=O)CCCCCCCCCCCCC.CCCCCCCCCCCCCCCC(=O)OC[C@H](COP(=O)(O)OCC[N+](C)(C)C)OC(=O)CCCCCCCCCCCCCCC. The monoisotopic (exact) mass is 1410 g/mol. The molecule has 0 saturated heterocycles. The van der Waals surface area contributed by atoms with E-state index in [0.717, 1.165) is 70.6 Å². The van der Waals surface area contributed by atoms with Crippen LogP contribution in [0.2, 0.25) is 0 Å². The summed E-state index contributed by atoms with van der Waals surface area (Å²) in [5.41, 5.74) is 0. The summed E-state index contributed by atoms with van der Waals surface area (Å²) >= 11 is 0. The number of phosphoric ester groups is 2. The number of esters is 4. The molecule has 0 aliphatic carbocycles. The number of unbranched alkanes of at least 4 members (excludes halogenated alkanes) is 44. The van der Waals surface area contributed by atoms with Gasteiger partial charge in [-0.15, -0.1) is 0 Å². The number of quaternary nitrogens is 2. The van der Waals surface area contributed by atoms with Crippen LogP contribution in [0.5, 0.6) is 0 Å². The molecule has 0 spiro atoms. The van der Waals surface area contributed by atoms with E-state index >= 15 is 0 Å². The predicted octanol–water partition coefficient (Wildman–Crippen LogP) is 20.9. The number of likely N-dealkylation sites (N-methyl/N-ethyl adjacent to an activating group) is 2. The second kappa shape index (κ2) is 67.5. The molecular weight excluding hydrogens is 1260 g/mol. The van der Waals surface area contributed by atoms with Crippen molar-refractivity contribution in [1.29, 1.82) is 0 Å². The van der Waals surface area contributed by atoms with Crippen LogP contribution in [0.3, 0.4) is 0 Å². The molecule has 0 rings (SSSR count). The Morgan fingerprint density at radius 3 is 0.667 bits per heavy atom. The summed E-state index contributed by atoms with van der Waals surface area (Å²) in [4.78, 5) is 70.3. The molecule has 0 aliphatic heterocycles. The van der Waals surface area contributed by atoms with E-state index in [2.05, 4.69) is 27.7 Å². The third kappa shape index (κ3) is 76.2. The number of hydrogen-bond donors (Lipinski definition) is 2. The summed E-state index contributed by atoms with van der Waals surface area (Å²) in [6, 6.07) is 0. The molecule has 18 nitrogen and oxygen atoms in total. The minimum absolute atomic E-state index is 0.0362. The van der Waals surface area contributed by atoms with Crippen molar-refractivity contribution < 1.29 is 84.1 Å². The van der Waals surface area contributed by atoms with E-state index in [0.29, 0.717) is 41.3 Å². The first-order valence-corrected chi connectivity index (χ1v) is 42.5. The maximum Gasteiger partial charge on any atom is 0.472 e. The molecule has 0 aromatic heterocycles. The number of nitrogens with zero attached hydrogens (tertiary/aromatic N) is 2. The molecule has 2 N–H and O–H groups in total. The lowest BCUT2D eigenvalue weighted by Gasteiger charge is -2.24. The highest BCUT2D eigenvalue weighted by Crippen LogP contribution is 2.44. The second-order valence-corrected chi connectivity index (χ2v) is 32.3. The zero-order valence-electron chi connectivity index (χ0n) is 64.0. The van der Waals surface area contributed by atoms with Crippen LogP contribution in [0.15, 0.2) is 0 Å². The van der Waals surface area contributed by atoms with Crippen LogP contribution in [-0.2, 0) is 65.4 Å². The fourth-order valence-electron chi connectivity index (χ4n) is 11.0. The lowest BCUT2D eigenvalue weighted by Crippen LogP contribution is -2.37. The molecular formula is C76H154N2O16P2+2. The van der Waals surface area contributed by atoms with E-state index < -0.39 is 53.0 Å². The third-order valence-corrected chi connectivity index (χ3v) is 19.2. The van der Waals surface area contributed by atoms with Crippen molar-refractivity contribution in [3.8, 4) is 0 Å². The van der Waals surface area contributed by atoms with Gasteiger partial charge in [0.2, 0.25) is 0 Å². The molecule has 4 atom stereocenters. The Kier molecular flexibility index (Phi) is 67.6. The highest BCUT2D eigenvalue weighted by Gasteiger charge is 2.29. The van der Waals surface area contributed by atoms with Gasteiger partial charge in [0.25, 0.3) is 0 Å². The molecule has 2 unspecified atom stereocenters. The standard InChI is InChI=1S/C40H80NO8P.C36H72NO8P/c1-6-8-10-12-14-16-18-20-22-24-26-28-30-32-39(42)46-36-38(37-48-50(44,45)47-35-34-41(3,4)5)49-40(43)33-31-29-27-25-23-21-19-17-15-13-11-9-7-2;1-6-8-10-12-14-16-18-20-22-24-26-28-35(38)42-32-34(33-44-46(40,41)43-31-30-37(3,4)5)45-36(39)29-27-25-23-21-19-17-15-13-11-9-7-2/h38H,6-37H2,1-5H3;34H,6-33H2,1-5H3/p+2/t38-;34-/m11/s1. The molecule has 0 amide bonds. The molecule has 0 heterocycles. The van der Waals surface area contributed by atoms with E-state index in [4.69, 9.17) is 37.0 Å². The molecule has 0 radical (unpaired) electrons. The second-order valence-electron chi connectivity index (χ2n) is 29.4. The predicted molar refractivity (Wildman–Crippen MR) is 394 cm³/mol. The molecule has 0 aromatic rings. The van der Waals surface area contributed by atoms with E-state index in [9.17, 15) is 38.1 Å². The fraction of sp³-hybridized carbons (Fsp3) is 0.947. The van der Waals surface area contributed by atoms with Gasteiger partial charge in [0.1, 0.15) is 39.5 Å². The van der Waals surface area contributed by atoms with Gasteiger partial charge in [-0.2, -0.15) is 0 Å². The van der Waals surface area contributed by atoms with Gasteiger partial charge < -0.3 is 37.7 Å². The van der Waals surface area contributed by atoms with Crippen LogP contribution < -0.4 is 0 Å². The number of phosphoric acid groups is 2. The number of hydrogen-bond acceptors (Lipinski definition) is 14. The smallest absolute Gasteiger partial charge is 0.462 e. The van der Waals surface area contributed by atoms with Gasteiger partial charge in [0.05, 0.1) is 55.5 Å². The quantitative estimate of drug-likeness (QED) is 0.0190. The maximum absolute atomic E-state index is 12.6. The summed E-state index contributed by atoms with van der Waals surface area (Å²) in [5.74, 6) is -1.58.